The van der Waals surface area contributed by atoms with Gasteiger partial charge in [0.2, 0.25) is 7.37 Å². The van der Waals surface area contributed by atoms with Gasteiger partial charge in [0.05, 0.1) is 6.61 Å². The van der Waals surface area contributed by atoms with Crippen LogP contribution in [-0.2, 0) is 26.7 Å². The van der Waals surface area contributed by atoms with Gasteiger partial charge in [-0.3, -0.25) is 4.57 Å². The van der Waals surface area contributed by atoms with Crippen LogP contribution in [0.1, 0.15) is 52.3 Å². The van der Waals surface area contributed by atoms with Gasteiger partial charge in [-0.2, -0.15) is 0 Å². The van der Waals surface area contributed by atoms with E-state index in [1.807, 2.05) is 46.8 Å². The molecule has 0 aliphatic rings. The van der Waals surface area contributed by atoms with E-state index in [0.717, 1.165) is 30.5 Å². The molecule has 0 radical (unpaired) electrons. The molecule has 1 aromatic rings. The second kappa shape index (κ2) is 9.35. The van der Waals surface area contributed by atoms with Crippen LogP contribution in [0.4, 0.5) is 4.79 Å². The first kappa shape index (κ1) is 21.7. The van der Waals surface area contributed by atoms with Gasteiger partial charge in [0, 0.05) is 18.9 Å². The third-order valence-electron chi connectivity index (χ3n) is 3.39. The molecule has 0 spiro atoms. The Morgan fingerprint density at radius 1 is 1.28 bits per heavy atom. The quantitative estimate of drug-likeness (QED) is 0.558. The minimum absolute atomic E-state index is 0.390. The van der Waals surface area contributed by atoms with Crippen molar-refractivity contribution in [2.45, 2.75) is 59.5 Å². The molecule has 6 nitrogen and oxygen atoms in total. The normalized spacial score (nSPS) is 14.0. The number of rotatable bonds is 8. The first-order chi connectivity index (χ1) is 11.6. The molecule has 1 unspecified atom stereocenters. The second-order valence-corrected chi connectivity index (χ2v) is 9.38. The average Bonchev–Trinajstić information content (AvgIpc) is 2.49. The van der Waals surface area contributed by atoms with E-state index < -0.39 is 19.1 Å². The molecule has 0 saturated carbocycles. The van der Waals surface area contributed by atoms with Crippen LogP contribution in [0.3, 0.4) is 0 Å². The molecule has 1 atom stereocenters. The van der Waals surface area contributed by atoms with Crippen molar-refractivity contribution in [2.75, 3.05) is 19.8 Å². The lowest BCUT2D eigenvalue weighted by Crippen LogP contribution is -2.33. The summed E-state index contributed by atoms with van der Waals surface area (Å²) >= 11 is 0. The van der Waals surface area contributed by atoms with Gasteiger partial charge < -0.3 is 14.6 Å². The van der Waals surface area contributed by atoms with E-state index in [1.165, 1.54) is 0 Å². The molecule has 7 heteroatoms. The fourth-order valence-electron chi connectivity index (χ4n) is 2.28. The fourth-order valence-corrected chi connectivity index (χ4v) is 3.61. The lowest BCUT2D eigenvalue weighted by Gasteiger charge is -2.19. The zero-order chi connectivity index (χ0) is 19.1. The van der Waals surface area contributed by atoms with Crippen LogP contribution in [0.2, 0.25) is 0 Å². The van der Waals surface area contributed by atoms with Crippen LogP contribution in [0.15, 0.2) is 12.1 Å². The Morgan fingerprint density at radius 3 is 2.52 bits per heavy atom. The highest BCUT2D eigenvalue weighted by Crippen LogP contribution is 2.40. The molecule has 0 fully saturated rings. The van der Waals surface area contributed by atoms with Crippen LogP contribution < -0.4 is 10.8 Å². The first-order valence-electron chi connectivity index (χ1n) is 8.76. The van der Waals surface area contributed by atoms with Gasteiger partial charge in [-0.05, 0) is 64.7 Å². The zero-order valence-electron chi connectivity index (χ0n) is 16.2. The van der Waals surface area contributed by atoms with Crippen LogP contribution in [0.25, 0.3) is 0 Å². The summed E-state index contributed by atoms with van der Waals surface area (Å²) in [6, 6.07) is 3.87. The van der Waals surface area contributed by atoms with E-state index in [2.05, 4.69) is 10.3 Å². The molecule has 1 rings (SSSR count). The van der Waals surface area contributed by atoms with Crippen LogP contribution in [-0.4, -0.2) is 36.5 Å². The summed E-state index contributed by atoms with van der Waals surface area (Å²) in [6.45, 7) is 11.8. The summed E-state index contributed by atoms with van der Waals surface area (Å²) in [5.41, 5.74) is 1.97. The zero-order valence-corrected chi connectivity index (χ0v) is 17.1. The van der Waals surface area contributed by atoms with E-state index in [0.29, 0.717) is 18.6 Å². The minimum Gasteiger partial charge on any atom is -0.444 e. The standard InChI is InChI=1S/C18H31N2O4P/c1-7-15-12-14(13-16(20-15)25(6,22)23-8-2)10-9-11-19-17(21)24-18(3,4)5/h12-13H,7-11H2,1-6H3,(H,19,21). The molecule has 1 N–H and O–H groups in total. The molecule has 0 aromatic carbocycles. The number of hydrogen-bond donors (Lipinski definition) is 1. The van der Waals surface area contributed by atoms with Crippen molar-refractivity contribution >= 4 is 18.9 Å². The Labute approximate surface area is 151 Å². The summed E-state index contributed by atoms with van der Waals surface area (Å²) in [7, 11) is -2.89. The molecule has 1 amide bonds. The fraction of sp³-hybridized carbons (Fsp3) is 0.667. The third-order valence-corrected chi connectivity index (χ3v) is 5.20. The molecular weight excluding hydrogens is 339 g/mol. The smallest absolute Gasteiger partial charge is 0.407 e. The van der Waals surface area contributed by atoms with E-state index in [9.17, 15) is 9.36 Å². The Balaban J connectivity index is 2.67. The molecule has 0 bridgehead atoms. The van der Waals surface area contributed by atoms with Crippen LogP contribution in [0, 0.1) is 0 Å². The molecular formula is C18H31N2O4P. The van der Waals surface area contributed by atoms with E-state index >= 15 is 0 Å². The van der Waals surface area contributed by atoms with E-state index in [-0.39, 0.29) is 0 Å². The number of carbonyl (C=O) groups excluding carboxylic acids is 1. The van der Waals surface area contributed by atoms with Gasteiger partial charge in [0.25, 0.3) is 0 Å². The van der Waals surface area contributed by atoms with Crippen molar-refractivity contribution in [1.29, 1.82) is 0 Å². The van der Waals surface area contributed by atoms with Crippen molar-refractivity contribution in [2.24, 2.45) is 0 Å². The van der Waals surface area contributed by atoms with E-state index in [1.54, 1.807) is 6.66 Å². The average molecular weight is 370 g/mol. The summed E-state index contributed by atoms with van der Waals surface area (Å²) in [5.74, 6) is 0. The van der Waals surface area contributed by atoms with Gasteiger partial charge >= 0.3 is 6.09 Å². The predicted octanol–water partition coefficient (Wildman–Crippen LogP) is 3.67. The number of hydrogen-bond acceptors (Lipinski definition) is 5. The number of carbonyl (C=O) groups is 1. The number of nitrogens with zero attached hydrogens (tertiary/aromatic N) is 1. The van der Waals surface area contributed by atoms with E-state index in [4.69, 9.17) is 9.26 Å². The maximum Gasteiger partial charge on any atom is 0.407 e. The van der Waals surface area contributed by atoms with Crippen LogP contribution in [0.5, 0.6) is 0 Å². The van der Waals surface area contributed by atoms with Crippen LogP contribution >= 0.6 is 7.37 Å². The van der Waals surface area contributed by atoms with Gasteiger partial charge in [-0.1, -0.05) is 6.92 Å². The van der Waals surface area contributed by atoms with Crippen molar-refractivity contribution in [3.63, 3.8) is 0 Å². The number of amides is 1. The third kappa shape index (κ3) is 8.02. The van der Waals surface area contributed by atoms with Gasteiger partial charge in [-0.25, -0.2) is 9.78 Å². The molecule has 0 aliphatic carbocycles. The molecule has 1 heterocycles. The van der Waals surface area contributed by atoms with Crippen molar-refractivity contribution < 1.29 is 18.6 Å². The Morgan fingerprint density at radius 2 is 1.96 bits per heavy atom. The number of ether oxygens (including phenoxy) is 1. The summed E-state index contributed by atoms with van der Waals surface area (Å²) in [4.78, 5) is 16.1. The highest BCUT2D eigenvalue weighted by Gasteiger charge is 2.21. The summed E-state index contributed by atoms with van der Waals surface area (Å²) in [5, 5.41) is 2.75. The molecule has 1 aromatic heterocycles. The van der Waals surface area contributed by atoms with Crippen molar-refractivity contribution in [1.82, 2.24) is 10.3 Å². The Bertz CT molecular complexity index is 626. The van der Waals surface area contributed by atoms with Gasteiger partial charge in [-0.15, -0.1) is 0 Å². The molecule has 25 heavy (non-hydrogen) atoms. The summed E-state index contributed by atoms with van der Waals surface area (Å²) in [6.07, 6.45) is 1.87. The highest BCUT2D eigenvalue weighted by atomic mass is 31.2. The lowest BCUT2D eigenvalue weighted by atomic mass is 10.1. The molecule has 0 aliphatic heterocycles. The minimum atomic E-state index is -2.89. The Kier molecular flexibility index (Phi) is 8.10. The number of pyridine rings is 1. The van der Waals surface area contributed by atoms with Gasteiger partial charge in [0.15, 0.2) is 0 Å². The summed E-state index contributed by atoms with van der Waals surface area (Å²) < 4.78 is 23.2. The predicted molar refractivity (Wildman–Crippen MR) is 101 cm³/mol. The number of aryl methyl sites for hydroxylation is 2. The van der Waals surface area contributed by atoms with Gasteiger partial charge in [0.1, 0.15) is 11.0 Å². The number of nitrogens with one attached hydrogen (secondary N) is 1. The van der Waals surface area contributed by atoms with Crippen molar-refractivity contribution in [3.8, 4) is 0 Å². The SMILES string of the molecule is CCOP(C)(=O)c1cc(CCCNC(=O)OC(C)(C)C)cc(CC)n1. The molecule has 142 valence electrons. The largest absolute Gasteiger partial charge is 0.444 e. The topological polar surface area (TPSA) is 77.5 Å². The Hall–Kier alpha value is -1.39. The molecule has 0 saturated heterocycles. The lowest BCUT2D eigenvalue weighted by molar-refractivity contribution is 0.0527. The second-order valence-electron chi connectivity index (χ2n) is 6.97. The first-order valence-corrected chi connectivity index (χ1v) is 10.8. The maximum atomic E-state index is 12.6. The monoisotopic (exact) mass is 370 g/mol. The maximum absolute atomic E-state index is 12.6. The number of alkyl carbamates (subject to hydrolysis) is 1. The number of aromatic nitrogens is 1. The van der Waals surface area contributed by atoms with Crippen molar-refractivity contribution in [3.05, 3.63) is 23.4 Å². The highest BCUT2D eigenvalue weighted by molar-refractivity contribution is 7.65.